The standard InChI is InChI=1S/C26H29N7O3/c1-32-16-19(15-29-32)17-9-10-20(28-14-17)12-18-13-21(26(35)33-11-5-4-8-24(18)33)25(34)30-22-6-2-3-7-23(22)31-36-27/h4-5,8-11,13-16,22-23,31H,2-3,6-7,12,27H2,1H3,(H,30,34)/t22-,23-/m0/s1. The second kappa shape index (κ2) is 10.4. The number of fused-ring (bicyclic) bond motifs is 1. The Labute approximate surface area is 208 Å². The first kappa shape index (κ1) is 23.9. The lowest BCUT2D eigenvalue weighted by Gasteiger charge is -2.31. The molecule has 5 rings (SSSR count). The van der Waals surface area contributed by atoms with E-state index in [1.54, 1.807) is 29.2 Å². The Kier molecular flexibility index (Phi) is 6.90. The van der Waals surface area contributed by atoms with Gasteiger partial charge in [0.05, 0.1) is 17.8 Å². The lowest BCUT2D eigenvalue weighted by molar-refractivity contribution is -0.00281. The summed E-state index contributed by atoms with van der Waals surface area (Å²) in [5, 5.41) is 7.23. The van der Waals surface area contributed by atoms with Crippen LogP contribution in [0.15, 0.2) is 66.0 Å². The molecule has 0 aromatic carbocycles. The normalized spacial score (nSPS) is 17.8. The van der Waals surface area contributed by atoms with Gasteiger partial charge in [-0.05, 0) is 42.7 Å². The first-order valence-corrected chi connectivity index (χ1v) is 12.0. The minimum atomic E-state index is -0.407. The lowest BCUT2D eigenvalue weighted by Crippen LogP contribution is -2.52. The second-order valence-electron chi connectivity index (χ2n) is 9.17. The molecule has 10 nitrogen and oxygen atoms in total. The maximum absolute atomic E-state index is 13.3. The Morgan fingerprint density at radius 3 is 2.69 bits per heavy atom. The zero-order chi connectivity index (χ0) is 25.1. The zero-order valence-electron chi connectivity index (χ0n) is 20.1. The van der Waals surface area contributed by atoms with Crippen LogP contribution in [0, 0.1) is 0 Å². The number of amides is 1. The van der Waals surface area contributed by atoms with Gasteiger partial charge in [-0.3, -0.25) is 23.7 Å². The highest BCUT2D eigenvalue weighted by Gasteiger charge is 2.28. The van der Waals surface area contributed by atoms with Crippen LogP contribution in [0.5, 0.6) is 0 Å². The van der Waals surface area contributed by atoms with Crippen molar-refractivity contribution < 1.29 is 9.73 Å². The summed E-state index contributed by atoms with van der Waals surface area (Å²) in [5.41, 5.74) is 6.87. The molecule has 0 bridgehead atoms. The van der Waals surface area contributed by atoms with Crippen molar-refractivity contribution in [2.75, 3.05) is 0 Å². The summed E-state index contributed by atoms with van der Waals surface area (Å²) in [4.78, 5) is 35.8. The fourth-order valence-electron chi connectivity index (χ4n) is 4.87. The highest BCUT2D eigenvalue weighted by atomic mass is 16.8. The Morgan fingerprint density at radius 1 is 1.14 bits per heavy atom. The molecule has 1 saturated carbocycles. The van der Waals surface area contributed by atoms with E-state index in [0.717, 1.165) is 53.6 Å². The van der Waals surface area contributed by atoms with Crippen LogP contribution in [-0.4, -0.2) is 37.2 Å². The van der Waals surface area contributed by atoms with Gasteiger partial charge in [-0.1, -0.05) is 25.0 Å². The molecule has 2 atom stereocenters. The third-order valence-electron chi connectivity index (χ3n) is 6.74. The zero-order valence-corrected chi connectivity index (χ0v) is 20.1. The van der Waals surface area contributed by atoms with Crippen molar-refractivity contribution in [2.45, 2.75) is 44.2 Å². The second-order valence-corrected chi connectivity index (χ2v) is 9.17. The summed E-state index contributed by atoms with van der Waals surface area (Å²) in [6.07, 6.45) is 11.3. The number of aromatic nitrogens is 4. The molecule has 0 aliphatic heterocycles. The summed E-state index contributed by atoms with van der Waals surface area (Å²) in [6.45, 7) is 0. The van der Waals surface area contributed by atoms with Crippen LogP contribution in [0.25, 0.3) is 16.6 Å². The molecule has 0 unspecified atom stereocenters. The third kappa shape index (κ3) is 4.92. The van der Waals surface area contributed by atoms with E-state index in [1.807, 2.05) is 43.7 Å². The summed E-state index contributed by atoms with van der Waals surface area (Å²) in [5.74, 6) is 4.79. The minimum absolute atomic E-state index is 0.0960. The van der Waals surface area contributed by atoms with E-state index in [4.69, 9.17) is 5.90 Å². The van der Waals surface area contributed by atoms with Gasteiger partial charge in [0.15, 0.2) is 0 Å². The quantitative estimate of drug-likeness (QED) is 0.341. The molecule has 186 valence electrons. The van der Waals surface area contributed by atoms with Gasteiger partial charge in [0.2, 0.25) is 0 Å². The van der Waals surface area contributed by atoms with Crippen LogP contribution in [0.2, 0.25) is 0 Å². The van der Waals surface area contributed by atoms with Gasteiger partial charge >= 0.3 is 0 Å². The number of nitrogens with zero attached hydrogens (tertiary/aromatic N) is 4. The monoisotopic (exact) mass is 487 g/mol. The number of nitrogens with one attached hydrogen (secondary N) is 2. The van der Waals surface area contributed by atoms with Crippen LogP contribution in [-0.2, 0) is 18.4 Å². The molecule has 0 spiro atoms. The average molecular weight is 488 g/mol. The first-order chi connectivity index (χ1) is 17.5. The van der Waals surface area contributed by atoms with E-state index in [9.17, 15) is 9.59 Å². The fourth-order valence-corrected chi connectivity index (χ4v) is 4.87. The molecular weight excluding hydrogens is 458 g/mol. The van der Waals surface area contributed by atoms with E-state index in [2.05, 4.69) is 25.8 Å². The van der Waals surface area contributed by atoms with E-state index < -0.39 is 5.91 Å². The van der Waals surface area contributed by atoms with Crippen molar-refractivity contribution in [2.24, 2.45) is 12.9 Å². The van der Waals surface area contributed by atoms with Gasteiger partial charge in [-0.2, -0.15) is 16.5 Å². The van der Waals surface area contributed by atoms with Crippen molar-refractivity contribution in [3.63, 3.8) is 0 Å². The van der Waals surface area contributed by atoms with Crippen molar-refractivity contribution in [3.05, 3.63) is 88.4 Å². The SMILES string of the molecule is Cn1cc(-c2ccc(Cc3cc(C(=O)N[C@H]4CCCC[C@@H]4NON)c(=O)n4ccccc34)nc2)cn1. The summed E-state index contributed by atoms with van der Waals surface area (Å²) >= 11 is 0. The van der Waals surface area contributed by atoms with Crippen molar-refractivity contribution >= 4 is 11.4 Å². The smallest absolute Gasteiger partial charge is 0.267 e. The van der Waals surface area contributed by atoms with E-state index >= 15 is 0 Å². The number of carbonyl (C=O) groups is 1. The number of pyridine rings is 3. The van der Waals surface area contributed by atoms with Crippen LogP contribution in [0.1, 0.15) is 47.3 Å². The summed E-state index contributed by atoms with van der Waals surface area (Å²) in [7, 11) is 1.87. The molecule has 0 saturated heterocycles. The van der Waals surface area contributed by atoms with Crippen LogP contribution >= 0.6 is 0 Å². The van der Waals surface area contributed by atoms with Gasteiger partial charge < -0.3 is 5.32 Å². The highest BCUT2D eigenvalue weighted by molar-refractivity contribution is 5.95. The third-order valence-corrected chi connectivity index (χ3v) is 6.74. The van der Waals surface area contributed by atoms with E-state index in [0.29, 0.717) is 6.42 Å². The largest absolute Gasteiger partial charge is 0.347 e. The Balaban J connectivity index is 1.44. The molecule has 4 N–H and O–H groups in total. The molecule has 4 aromatic rings. The van der Waals surface area contributed by atoms with Gasteiger partial charge in [0, 0.05) is 54.9 Å². The van der Waals surface area contributed by atoms with Crippen LogP contribution < -0.4 is 22.3 Å². The molecule has 1 aliphatic rings. The molecule has 4 heterocycles. The maximum atomic E-state index is 13.3. The summed E-state index contributed by atoms with van der Waals surface area (Å²) < 4.78 is 3.27. The van der Waals surface area contributed by atoms with Crippen molar-refractivity contribution in [3.8, 4) is 11.1 Å². The number of nitrogens with two attached hydrogens (primary N) is 1. The number of hydrogen-bond acceptors (Lipinski definition) is 7. The Morgan fingerprint density at radius 2 is 1.97 bits per heavy atom. The average Bonchev–Trinajstić information content (AvgIpc) is 3.33. The number of aryl methyl sites for hydroxylation is 1. The van der Waals surface area contributed by atoms with E-state index in [1.165, 1.54) is 4.40 Å². The Bertz CT molecular complexity index is 1430. The number of rotatable bonds is 7. The molecule has 10 heteroatoms. The van der Waals surface area contributed by atoms with Crippen molar-refractivity contribution in [1.29, 1.82) is 0 Å². The van der Waals surface area contributed by atoms with Gasteiger partial charge in [0.1, 0.15) is 5.56 Å². The molecule has 1 fully saturated rings. The Hall–Kier alpha value is -3.86. The molecule has 1 aliphatic carbocycles. The fraction of sp³-hybridized carbons (Fsp3) is 0.308. The number of hydrogen-bond donors (Lipinski definition) is 3. The van der Waals surface area contributed by atoms with Gasteiger partial charge in [-0.25, -0.2) is 4.94 Å². The topological polar surface area (TPSA) is 129 Å². The molecule has 0 radical (unpaired) electrons. The minimum Gasteiger partial charge on any atom is -0.347 e. The highest BCUT2D eigenvalue weighted by Crippen LogP contribution is 2.21. The van der Waals surface area contributed by atoms with Gasteiger partial charge in [-0.15, -0.1) is 0 Å². The molecular formula is C26H29N7O3. The van der Waals surface area contributed by atoms with Crippen LogP contribution in [0.4, 0.5) is 0 Å². The van der Waals surface area contributed by atoms with Crippen molar-refractivity contribution in [1.82, 2.24) is 30.0 Å². The summed E-state index contributed by atoms with van der Waals surface area (Å²) in [6, 6.07) is 10.9. The number of carbonyl (C=O) groups excluding carboxylic acids is 1. The predicted octanol–water partition coefficient (Wildman–Crippen LogP) is 2.12. The maximum Gasteiger partial charge on any atom is 0.267 e. The lowest BCUT2D eigenvalue weighted by atomic mass is 9.90. The number of hydroxylamine groups is 1. The predicted molar refractivity (Wildman–Crippen MR) is 135 cm³/mol. The molecule has 4 aromatic heterocycles. The molecule has 1 amide bonds. The van der Waals surface area contributed by atoms with Crippen LogP contribution in [0.3, 0.4) is 0 Å². The first-order valence-electron chi connectivity index (χ1n) is 12.0. The molecule has 36 heavy (non-hydrogen) atoms. The van der Waals surface area contributed by atoms with Gasteiger partial charge in [0.25, 0.3) is 11.5 Å². The van der Waals surface area contributed by atoms with E-state index in [-0.39, 0.29) is 23.2 Å².